The molecule has 0 aliphatic carbocycles. The van der Waals surface area contributed by atoms with Crippen molar-refractivity contribution in [2.45, 2.75) is 33.8 Å². The molecule has 0 radical (unpaired) electrons. The van der Waals surface area contributed by atoms with Crippen LogP contribution >= 0.6 is 0 Å². The monoisotopic (exact) mass is 405 g/mol. The molecule has 154 valence electrons. The fourth-order valence-corrected chi connectivity index (χ4v) is 3.31. The topological polar surface area (TPSA) is 55.4 Å². The summed E-state index contributed by atoms with van der Waals surface area (Å²) in [7, 11) is 0. The summed E-state index contributed by atoms with van der Waals surface area (Å²) in [6.45, 7) is 7.60. The number of benzene rings is 3. The average molecular weight is 405 g/mol. The minimum atomic E-state index is -0.719. The number of amides is 1. The van der Waals surface area contributed by atoms with Crippen LogP contribution in [0.2, 0.25) is 0 Å². The predicted octanol–water partition coefficient (Wildman–Crippen LogP) is 5.39. The van der Waals surface area contributed by atoms with Gasteiger partial charge in [0.05, 0.1) is 0 Å². The first-order chi connectivity index (χ1) is 14.2. The van der Waals surface area contributed by atoms with E-state index in [1.807, 2.05) is 32.9 Å². The molecule has 0 spiro atoms. The fraction of sp³-hybridized carbons (Fsp3) is 0.200. The molecular weight excluding hydrogens is 381 g/mol. The number of anilines is 1. The van der Waals surface area contributed by atoms with Gasteiger partial charge in [-0.15, -0.1) is 0 Å². The molecule has 0 aromatic heterocycles. The van der Waals surface area contributed by atoms with Crippen molar-refractivity contribution in [3.63, 3.8) is 0 Å². The molecule has 5 heteroatoms. The molecule has 0 aliphatic rings. The average Bonchev–Trinajstić information content (AvgIpc) is 2.71. The van der Waals surface area contributed by atoms with Gasteiger partial charge in [0.1, 0.15) is 11.6 Å². The molecule has 0 saturated carbocycles. The van der Waals surface area contributed by atoms with Gasteiger partial charge in [-0.2, -0.15) is 0 Å². The summed E-state index contributed by atoms with van der Waals surface area (Å²) in [5.74, 6) is -0.376. The van der Waals surface area contributed by atoms with Crippen molar-refractivity contribution >= 4 is 17.4 Å². The largest absolute Gasteiger partial charge is 0.481 e. The number of ether oxygens (including phenoxy) is 1. The first-order valence-corrected chi connectivity index (χ1v) is 9.70. The Morgan fingerprint density at radius 2 is 1.37 bits per heavy atom. The summed E-state index contributed by atoms with van der Waals surface area (Å²) in [5.41, 5.74) is 4.79. The van der Waals surface area contributed by atoms with E-state index in [0.717, 1.165) is 22.4 Å². The van der Waals surface area contributed by atoms with Crippen molar-refractivity contribution in [2.75, 3.05) is 5.32 Å². The van der Waals surface area contributed by atoms with E-state index in [9.17, 15) is 14.0 Å². The van der Waals surface area contributed by atoms with Crippen molar-refractivity contribution < 1.29 is 18.7 Å². The zero-order valence-electron chi connectivity index (χ0n) is 17.5. The summed E-state index contributed by atoms with van der Waals surface area (Å²) in [5, 5.41) is 2.93. The number of aryl methyl sites for hydroxylation is 3. The summed E-state index contributed by atoms with van der Waals surface area (Å²) < 4.78 is 18.8. The lowest BCUT2D eigenvalue weighted by molar-refractivity contribution is -0.122. The van der Waals surface area contributed by atoms with Gasteiger partial charge in [0, 0.05) is 16.8 Å². The van der Waals surface area contributed by atoms with Gasteiger partial charge < -0.3 is 10.1 Å². The maximum atomic E-state index is 13.0. The van der Waals surface area contributed by atoms with E-state index in [2.05, 4.69) is 5.32 Å². The number of carbonyl (C=O) groups is 2. The van der Waals surface area contributed by atoms with E-state index < -0.39 is 11.9 Å². The number of ketones is 1. The van der Waals surface area contributed by atoms with Gasteiger partial charge in [-0.25, -0.2) is 4.39 Å². The minimum absolute atomic E-state index is 0.210. The van der Waals surface area contributed by atoms with E-state index >= 15 is 0 Å². The number of carbonyl (C=O) groups excluding carboxylic acids is 2. The van der Waals surface area contributed by atoms with Crippen molar-refractivity contribution in [1.29, 1.82) is 0 Å². The summed E-state index contributed by atoms with van der Waals surface area (Å²) in [4.78, 5) is 25.0. The Bertz CT molecular complexity index is 1050. The second-order valence-electron chi connectivity index (χ2n) is 7.38. The van der Waals surface area contributed by atoms with E-state index in [-0.39, 0.29) is 11.7 Å². The molecule has 0 bridgehead atoms. The lowest BCUT2D eigenvalue weighted by atomic mass is 10.0. The molecule has 30 heavy (non-hydrogen) atoms. The molecule has 0 aliphatic heterocycles. The molecule has 1 N–H and O–H groups in total. The molecule has 3 rings (SSSR count). The van der Waals surface area contributed by atoms with Crippen LogP contribution in [-0.4, -0.2) is 17.8 Å². The van der Waals surface area contributed by atoms with Gasteiger partial charge in [-0.1, -0.05) is 17.7 Å². The third-order valence-electron chi connectivity index (χ3n) is 4.83. The number of hydrogen-bond acceptors (Lipinski definition) is 3. The highest BCUT2D eigenvalue weighted by molar-refractivity contribution is 6.09. The van der Waals surface area contributed by atoms with E-state index in [4.69, 9.17) is 4.74 Å². The summed E-state index contributed by atoms with van der Waals surface area (Å²) in [6.07, 6.45) is -0.719. The fourth-order valence-electron chi connectivity index (χ4n) is 3.31. The van der Waals surface area contributed by atoms with Gasteiger partial charge >= 0.3 is 0 Å². The molecule has 0 heterocycles. The Kier molecular flexibility index (Phi) is 6.31. The second-order valence-corrected chi connectivity index (χ2v) is 7.38. The Balaban J connectivity index is 1.65. The molecule has 1 atom stereocenters. The molecule has 0 saturated heterocycles. The molecule has 0 fully saturated rings. The maximum absolute atomic E-state index is 13.0. The number of nitrogens with one attached hydrogen (secondary N) is 1. The SMILES string of the molecule is Cc1cc(C)c(NC(=O)[C@H](C)Oc2ccc(C(=O)c3ccc(F)cc3)cc2)c(C)c1. The smallest absolute Gasteiger partial charge is 0.265 e. The van der Waals surface area contributed by atoms with E-state index in [1.54, 1.807) is 31.2 Å². The molecule has 3 aromatic rings. The first kappa shape index (κ1) is 21.2. The quantitative estimate of drug-likeness (QED) is 0.560. The van der Waals surface area contributed by atoms with Gasteiger partial charge in [-0.3, -0.25) is 9.59 Å². The second kappa shape index (κ2) is 8.91. The maximum Gasteiger partial charge on any atom is 0.265 e. The Hall–Kier alpha value is -3.47. The third-order valence-corrected chi connectivity index (χ3v) is 4.83. The minimum Gasteiger partial charge on any atom is -0.481 e. The third kappa shape index (κ3) is 4.92. The first-order valence-electron chi connectivity index (χ1n) is 9.70. The van der Waals surface area contributed by atoms with Gasteiger partial charge in [0.15, 0.2) is 11.9 Å². The van der Waals surface area contributed by atoms with Crippen LogP contribution in [-0.2, 0) is 4.79 Å². The van der Waals surface area contributed by atoms with Crippen LogP contribution in [0.5, 0.6) is 5.75 Å². The van der Waals surface area contributed by atoms with Gasteiger partial charge in [-0.05, 0) is 87.4 Å². The van der Waals surface area contributed by atoms with Crippen LogP contribution < -0.4 is 10.1 Å². The van der Waals surface area contributed by atoms with Crippen LogP contribution in [0, 0.1) is 26.6 Å². The van der Waals surface area contributed by atoms with Gasteiger partial charge in [0.25, 0.3) is 5.91 Å². The van der Waals surface area contributed by atoms with Crippen LogP contribution in [0.15, 0.2) is 60.7 Å². The zero-order valence-corrected chi connectivity index (χ0v) is 17.5. The predicted molar refractivity (Wildman–Crippen MR) is 116 cm³/mol. The highest BCUT2D eigenvalue weighted by Crippen LogP contribution is 2.23. The van der Waals surface area contributed by atoms with Crippen molar-refractivity contribution in [3.8, 4) is 5.75 Å². The van der Waals surface area contributed by atoms with Crippen molar-refractivity contribution in [2.24, 2.45) is 0 Å². The number of halogens is 1. The summed E-state index contributed by atoms with van der Waals surface area (Å²) in [6, 6.07) is 16.0. The van der Waals surface area contributed by atoms with Crippen LogP contribution in [0.1, 0.15) is 39.5 Å². The van der Waals surface area contributed by atoms with Gasteiger partial charge in [0.2, 0.25) is 0 Å². The molecular formula is C25H24FNO3. The zero-order chi connectivity index (χ0) is 21.8. The Labute approximate surface area is 175 Å². The molecule has 0 unspecified atom stereocenters. The van der Waals surface area contributed by atoms with Crippen LogP contribution in [0.4, 0.5) is 10.1 Å². The Morgan fingerprint density at radius 1 is 0.867 bits per heavy atom. The Morgan fingerprint density at radius 3 is 1.90 bits per heavy atom. The van der Waals surface area contributed by atoms with E-state index in [0.29, 0.717) is 16.9 Å². The molecule has 1 amide bonds. The highest BCUT2D eigenvalue weighted by Gasteiger charge is 2.17. The lowest BCUT2D eigenvalue weighted by Crippen LogP contribution is -2.30. The number of hydrogen-bond donors (Lipinski definition) is 1. The standard InChI is InChI=1S/C25H24FNO3/c1-15-13-16(2)23(17(3)14-15)27-25(29)18(4)30-22-11-7-20(8-12-22)24(28)19-5-9-21(26)10-6-19/h5-14,18H,1-4H3,(H,27,29)/t18-/m0/s1. The summed E-state index contributed by atoms with van der Waals surface area (Å²) >= 11 is 0. The normalized spacial score (nSPS) is 11.6. The van der Waals surface area contributed by atoms with E-state index in [1.165, 1.54) is 24.3 Å². The molecule has 4 nitrogen and oxygen atoms in total. The highest BCUT2D eigenvalue weighted by atomic mass is 19.1. The van der Waals surface area contributed by atoms with Crippen molar-refractivity contribution in [1.82, 2.24) is 0 Å². The van der Waals surface area contributed by atoms with Crippen LogP contribution in [0.3, 0.4) is 0 Å². The lowest BCUT2D eigenvalue weighted by Gasteiger charge is -2.17. The van der Waals surface area contributed by atoms with Crippen LogP contribution in [0.25, 0.3) is 0 Å². The number of rotatable bonds is 6. The molecule has 3 aromatic carbocycles. The van der Waals surface area contributed by atoms with Crippen molar-refractivity contribution in [3.05, 3.63) is 94.3 Å².